The molecule has 3 rings (SSSR count). The summed E-state index contributed by atoms with van der Waals surface area (Å²) in [7, 11) is 0. The van der Waals surface area contributed by atoms with Crippen LogP contribution in [0.2, 0.25) is 0 Å². The average Bonchev–Trinajstić information content (AvgIpc) is 2.84. The van der Waals surface area contributed by atoms with E-state index in [2.05, 4.69) is 0 Å². The van der Waals surface area contributed by atoms with E-state index in [1.165, 1.54) is 19.4 Å². The van der Waals surface area contributed by atoms with E-state index in [-0.39, 0.29) is 5.69 Å². The van der Waals surface area contributed by atoms with Gasteiger partial charge < -0.3 is 14.1 Å². The van der Waals surface area contributed by atoms with Gasteiger partial charge in [0, 0.05) is 34.7 Å². The van der Waals surface area contributed by atoms with Crippen molar-refractivity contribution in [2.45, 2.75) is 45.1 Å². The largest absolute Gasteiger partial charge is 0.755 e. The van der Waals surface area contributed by atoms with Crippen molar-refractivity contribution >= 4 is 33.9 Å². The molecule has 0 fully saturated rings. The van der Waals surface area contributed by atoms with E-state index in [1.54, 1.807) is 12.1 Å². The van der Waals surface area contributed by atoms with Crippen molar-refractivity contribution in [3.8, 4) is 0 Å². The monoisotopic (exact) mass is 336 g/mol. The Labute approximate surface area is 136 Å². The third-order valence-corrected chi connectivity index (χ3v) is 5.32. The molecule has 124 valence electrons. The topological polar surface area (TPSA) is 93.8 Å². The fraction of sp³-hybridized carbons (Fsp3) is 0.438. The van der Waals surface area contributed by atoms with Crippen LogP contribution in [0.3, 0.4) is 0 Å². The first-order valence-corrected chi connectivity index (χ1v) is 8.53. The highest BCUT2D eigenvalue weighted by atomic mass is 32.2. The number of benzene rings is 1. The van der Waals surface area contributed by atoms with Crippen LogP contribution in [0.1, 0.15) is 38.0 Å². The van der Waals surface area contributed by atoms with E-state index in [4.69, 9.17) is 4.42 Å². The molecule has 0 saturated heterocycles. The zero-order valence-corrected chi connectivity index (χ0v) is 13.8. The van der Waals surface area contributed by atoms with Gasteiger partial charge in [0.25, 0.3) is 0 Å². The highest BCUT2D eigenvalue weighted by Crippen LogP contribution is 2.35. The molecule has 6 nitrogen and oxygen atoms in total. The van der Waals surface area contributed by atoms with E-state index in [0.717, 1.165) is 41.1 Å². The minimum Gasteiger partial charge on any atom is -0.755 e. The Morgan fingerprint density at radius 2 is 2.04 bits per heavy atom. The van der Waals surface area contributed by atoms with Gasteiger partial charge in [0.2, 0.25) is 0 Å². The lowest BCUT2D eigenvalue weighted by Gasteiger charge is -2.37. The number of aryl methyl sites for hydroxylation is 2. The maximum atomic E-state index is 11.6. The smallest absolute Gasteiger partial charge is 0.329 e. The molecule has 1 aromatic heterocycles. The van der Waals surface area contributed by atoms with Crippen LogP contribution in [0, 0.1) is 0 Å². The molecule has 1 aromatic carbocycles. The number of rotatable bonds is 4. The predicted molar refractivity (Wildman–Crippen MR) is 86.0 cm³/mol. The van der Waals surface area contributed by atoms with Gasteiger partial charge in [-0.2, -0.15) is 0 Å². The second kappa shape index (κ2) is 5.65. The van der Waals surface area contributed by atoms with Gasteiger partial charge in [-0.05, 0) is 45.2 Å². The number of carboxylic acids is 1. The van der Waals surface area contributed by atoms with Crippen LogP contribution >= 0.6 is 0 Å². The van der Waals surface area contributed by atoms with E-state index >= 15 is 0 Å². The second-order valence-corrected chi connectivity index (χ2v) is 7.07. The van der Waals surface area contributed by atoms with Crippen molar-refractivity contribution < 1.29 is 23.1 Å². The van der Waals surface area contributed by atoms with Gasteiger partial charge in [-0.3, -0.25) is 8.51 Å². The van der Waals surface area contributed by atoms with Crippen molar-refractivity contribution in [3.63, 3.8) is 0 Å². The number of fused-ring (bicyclic) bond motifs is 3. The molecule has 2 aromatic rings. The van der Waals surface area contributed by atoms with Gasteiger partial charge in [0.1, 0.15) is 16.9 Å². The van der Waals surface area contributed by atoms with Gasteiger partial charge in [0.05, 0.1) is 5.69 Å². The number of hydrogen-bond acceptors (Lipinski definition) is 4. The molecule has 0 bridgehead atoms. The third-order valence-electron chi connectivity index (χ3n) is 4.36. The summed E-state index contributed by atoms with van der Waals surface area (Å²) in [6.07, 6.45) is 4.05. The molecular formula is C16H18NO5S-. The fourth-order valence-electron chi connectivity index (χ4n) is 3.06. The Kier molecular flexibility index (Phi) is 3.93. The number of furan rings is 1. The molecule has 0 aliphatic heterocycles. The Balaban J connectivity index is 2.11. The summed E-state index contributed by atoms with van der Waals surface area (Å²) in [6, 6.07) is 5.05. The Morgan fingerprint density at radius 1 is 1.35 bits per heavy atom. The molecule has 1 aliphatic rings. The zero-order valence-electron chi connectivity index (χ0n) is 13.0. The van der Waals surface area contributed by atoms with Crippen LogP contribution in [-0.4, -0.2) is 25.4 Å². The zero-order chi connectivity index (χ0) is 16.8. The number of anilines is 1. The van der Waals surface area contributed by atoms with Crippen molar-refractivity contribution in [3.05, 3.63) is 29.5 Å². The molecule has 1 atom stereocenters. The Morgan fingerprint density at radius 3 is 2.70 bits per heavy atom. The number of carbonyl (C=O) groups is 1. The maximum absolute atomic E-state index is 11.6. The Bertz CT molecular complexity index is 795. The highest BCUT2D eigenvalue weighted by Gasteiger charge is 2.36. The standard InChI is InChI=1S/C16H19NO5S/c1-16(2,15(18)19)17(23(20)21)10-7-8-12-11-5-3-4-6-13(11)22-14(12)9-10/h7-9H,3-6H2,1-2H3,(H,18,19)(H,20,21)/p-1. The first-order chi connectivity index (χ1) is 10.8. The van der Waals surface area contributed by atoms with E-state index in [0.29, 0.717) is 5.58 Å². The van der Waals surface area contributed by atoms with Crippen LogP contribution in [-0.2, 0) is 28.9 Å². The lowest BCUT2D eigenvalue weighted by atomic mass is 9.96. The third kappa shape index (κ3) is 2.64. The van der Waals surface area contributed by atoms with Gasteiger partial charge >= 0.3 is 5.97 Å². The lowest BCUT2D eigenvalue weighted by Crippen LogP contribution is -2.51. The number of aliphatic carboxylic acids is 1. The summed E-state index contributed by atoms with van der Waals surface area (Å²) in [5, 5.41) is 10.3. The second-order valence-electron chi connectivity index (χ2n) is 6.27. The molecule has 1 N–H and O–H groups in total. The molecule has 0 saturated carbocycles. The minimum absolute atomic E-state index is 0.282. The summed E-state index contributed by atoms with van der Waals surface area (Å²) in [6.45, 7) is 2.70. The first-order valence-electron chi connectivity index (χ1n) is 7.49. The van der Waals surface area contributed by atoms with Gasteiger partial charge in [-0.25, -0.2) is 4.79 Å². The normalized spacial score (nSPS) is 16.1. The van der Waals surface area contributed by atoms with Gasteiger partial charge in [-0.1, -0.05) is 0 Å². The van der Waals surface area contributed by atoms with Gasteiger partial charge in [0.15, 0.2) is 0 Å². The van der Waals surface area contributed by atoms with Crippen LogP contribution < -0.4 is 4.31 Å². The molecular weight excluding hydrogens is 318 g/mol. The molecule has 0 spiro atoms. The van der Waals surface area contributed by atoms with E-state index < -0.39 is 22.8 Å². The molecule has 0 amide bonds. The summed E-state index contributed by atoms with van der Waals surface area (Å²) in [4.78, 5) is 11.4. The quantitative estimate of drug-likeness (QED) is 0.867. The SMILES string of the molecule is CC(C)(C(=O)O)N(c1ccc2c3c(oc2c1)CCCC3)S(=O)[O-]. The van der Waals surface area contributed by atoms with Crippen LogP contribution in [0.15, 0.2) is 22.6 Å². The minimum atomic E-state index is -2.72. The average molecular weight is 336 g/mol. The van der Waals surface area contributed by atoms with Crippen molar-refractivity contribution in [1.29, 1.82) is 0 Å². The summed E-state index contributed by atoms with van der Waals surface area (Å²) < 4.78 is 29.9. The van der Waals surface area contributed by atoms with Gasteiger partial charge in [-0.15, -0.1) is 0 Å². The molecule has 7 heteroatoms. The predicted octanol–water partition coefficient (Wildman–Crippen LogP) is 2.78. The van der Waals surface area contributed by atoms with Crippen molar-refractivity contribution in [2.75, 3.05) is 4.31 Å². The Hall–Kier alpha value is -1.86. The number of nitrogens with zero attached hydrogens (tertiary/aromatic N) is 1. The maximum Gasteiger partial charge on any atom is 0.329 e. The molecule has 1 aliphatic carbocycles. The first kappa shape index (κ1) is 16.0. The van der Waals surface area contributed by atoms with E-state index in [9.17, 15) is 18.7 Å². The number of carboxylic acid groups (broad SMARTS) is 1. The summed E-state index contributed by atoms with van der Waals surface area (Å²) >= 11 is -2.72. The molecule has 0 radical (unpaired) electrons. The molecule has 1 unspecified atom stereocenters. The van der Waals surface area contributed by atoms with Crippen molar-refractivity contribution in [2.24, 2.45) is 0 Å². The molecule has 23 heavy (non-hydrogen) atoms. The van der Waals surface area contributed by atoms with Crippen molar-refractivity contribution in [1.82, 2.24) is 0 Å². The van der Waals surface area contributed by atoms with E-state index in [1.807, 2.05) is 6.07 Å². The fourth-order valence-corrected chi connectivity index (χ4v) is 3.80. The van der Waals surface area contributed by atoms with Crippen LogP contribution in [0.4, 0.5) is 5.69 Å². The van der Waals surface area contributed by atoms with Crippen LogP contribution in [0.25, 0.3) is 11.0 Å². The highest BCUT2D eigenvalue weighted by molar-refractivity contribution is 7.80. The summed E-state index contributed by atoms with van der Waals surface area (Å²) in [5.74, 6) is -0.267. The number of hydrogen-bond donors (Lipinski definition) is 1. The van der Waals surface area contributed by atoms with Crippen LogP contribution in [0.5, 0.6) is 0 Å². The summed E-state index contributed by atoms with van der Waals surface area (Å²) in [5.41, 5.74) is 0.479. The molecule has 1 heterocycles. The lowest BCUT2D eigenvalue weighted by molar-refractivity contribution is -0.141.